The summed E-state index contributed by atoms with van der Waals surface area (Å²) in [6, 6.07) is 1.07. The van der Waals surface area contributed by atoms with E-state index in [0.29, 0.717) is 6.07 Å². The van der Waals surface area contributed by atoms with Gasteiger partial charge < -0.3 is 11.1 Å². The molecule has 1 amide bonds. The van der Waals surface area contributed by atoms with Gasteiger partial charge >= 0.3 is 0 Å². The lowest BCUT2D eigenvalue weighted by Crippen LogP contribution is -2.45. The molecular weight excluding hydrogens is 306 g/mol. The van der Waals surface area contributed by atoms with E-state index in [1.54, 1.807) is 20.8 Å². The van der Waals surface area contributed by atoms with Gasteiger partial charge in [-0.2, -0.15) is 0 Å². The summed E-state index contributed by atoms with van der Waals surface area (Å²) < 4.78 is 26.5. The van der Waals surface area contributed by atoms with Crippen LogP contribution in [0.5, 0.6) is 0 Å². The molecule has 100 valence electrons. The molecule has 3 nitrogen and oxygen atoms in total. The summed E-state index contributed by atoms with van der Waals surface area (Å²) >= 11 is 2.92. The molecule has 0 heterocycles. The van der Waals surface area contributed by atoms with Crippen LogP contribution in [-0.2, 0) is 4.79 Å². The van der Waals surface area contributed by atoms with Crippen molar-refractivity contribution in [3.05, 3.63) is 28.2 Å². The molecule has 1 rings (SSSR count). The first kappa shape index (κ1) is 15.0. The number of benzene rings is 1. The highest BCUT2D eigenvalue weighted by Crippen LogP contribution is 2.25. The number of hydrogen-bond acceptors (Lipinski definition) is 2. The van der Waals surface area contributed by atoms with Gasteiger partial charge in [-0.05, 0) is 27.4 Å². The molecule has 0 unspecified atom stereocenters. The highest BCUT2D eigenvalue weighted by molar-refractivity contribution is 9.10. The molecule has 1 aromatic rings. The van der Waals surface area contributed by atoms with Gasteiger partial charge in [0.1, 0.15) is 11.6 Å². The second kappa shape index (κ2) is 5.32. The van der Waals surface area contributed by atoms with Crippen LogP contribution in [0, 0.1) is 17.0 Å². The summed E-state index contributed by atoms with van der Waals surface area (Å²) in [6.45, 7) is 5.40. The molecular formula is C12H15BrF2N2O. The minimum atomic E-state index is -0.842. The Balaban J connectivity index is 2.92. The lowest BCUT2D eigenvalue weighted by molar-refractivity contribution is -0.119. The maximum Gasteiger partial charge on any atom is 0.241 e. The Hall–Kier alpha value is -1.01. The molecule has 0 saturated carbocycles. The van der Waals surface area contributed by atoms with Gasteiger partial charge in [-0.25, -0.2) is 8.78 Å². The normalized spacial score (nSPS) is 13.3. The Morgan fingerprint density at radius 1 is 1.33 bits per heavy atom. The summed E-state index contributed by atoms with van der Waals surface area (Å²) in [5.74, 6) is -2.09. The van der Waals surface area contributed by atoms with Crippen molar-refractivity contribution in [2.75, 3.05) is 5.32 Å². The largest absolute Gasteiger partial charge is 0.322 e. The minimum Gasteiger partial charge on any atom is -0.322 e. The van der Waals surface area contributed by atoms with Gasteiger partial charge in [-0.1, -0.05) is 20.8 Å². The molecule has 0 bridgehead atoms. The Bertz CT molecular complexity index is 472. The number of rotatable bonds is 2. The minimum absolute atomic E-state index is 0.0727. The number of nitrogens with two attached hydrogens (primary N) is 1. The molecule has 0 spiro atoms. The number of hydrogen-bond donors (Lipinski definition) is 2. The number of carbonyl (C=O) groups is 1. The maximum atomic E-state index is 13.4. The smallest absolute Gasteiger partial charge is 0.241 e. The molecule has 0 aliphatic rings. The third kappa shape index (κ3) is 3.49. The fraction of sp³-hybridized carbons (Fsp3) is 0.417. The van der Waals surface area contributed by atoms with Crippen LogP contribution in [0.25, 0.3) is 0 Å². The van der Waals surface area contributed by atoms with E-state index in [1.165, 1.54) is 0 Å². The lowest BCUT2D eigenvalue weighted by Gasteiger charge is -2.25. The molecule has 0 aliphatic heterocycles. The molecule has 18 heavy (non-hydrogen) atoms. The lowest BCUT2D eigenvalue weighted by atomic mass is 9.87. The summed E-state index contributed by atoms with van der Waals surface area (Å²) in [4.78, 5) is 11.8. The molecule has 0 fully saturated rings. The second-order valence-electron chi connectivity index (χ2n) is 5.08. The van der Waals surface area contributed by atoms with Crippen molar-refractivity contribution in [1.82, 2.24) is 0 Å². The molecule has 0 aromatic heterocycles. The fourth-order valence-corrected chi connectivity index (χ4v) is 1.57. The second-order valence-corrected chi connectivity index (χ2v) is 5.93. The first-order valence-electron chi connectivity index (χ1n) is 5.34. The Morgan fingerprint density at radius 3 is 2.39 bits per heavy atom. The number of amides is 1. The topological polar surface area (TPSA) is 55.1 Å². The standard InChI is InChI=1S/C12H15BrF2N2O/c1-12(2,3)10(16)11(18)17-9-4-6(13)7(14)5-8(9)15/h4-5,10H,16H2,1-3H3,(H,17,18)/t10-/m1/s1. The third-order valence-electron chi connectivity index (χ3n) is 2.48. The number of anilines is 1. The van der Waals surface area contributed by atoms with Crippen LogP contribution in [0.15, 0.2) is 16.6 Å². The zero-order valence-electron chi connectivity index (χ0n) is 10.4. The molecule has 0 radical (unpaired) electrons. The summed E-state index contributed by atoms with van der Waals surface area (Å²) in [5, 5.41) is 2.35. The molecule has 3 N–H and O–H groups in total. The molecule has 6 heteroatoms. The highest BCUT2D eigenvalue weighted by atomic mass is 79.9. The van der Waals surface area contributed by atoms with Crippen LogP contribution in [0.2, 0.25) is 0 Å². The first-order valence-corrected chi connectivity index (χ1v) is 6.13. The molecule has 1 atom stereocenters. The van der Waals surface area contributed by atoms with Gasteiger partial charge in [0.05, 0.1) is 16.2 Å². The van der Waals surface area contributed by atoms with Crippen LogP contribution < -0.4 is 11.1 Å². The first-order chi connectivity index (χ1) is 8.12. The average Bonchev–Trinajstić information content (AvgIpc) is 2.23. The van der Waals surface area contributed by atoms with Gasteiger partial charge in [0.2, 0.25) is 5.91 Å². The predicted octanol–water partition coefficient (Wildman–Crippen LogP) is 3.04. The van der Waals surface area contributed by atoms with Crippen molar-refractivity contribution < 1.29 is 13.6 Å². The van der Waals surface area contributed by atoms with Crippen molar-refractivity contribution in [1.29, 1.82) is 0 Å². The van der Waals surface area contributed by atoms with Crippen molar-refractivity contribution in [3.63, 3.8) is 0 Å². The van der Waals surface area contributed by atoms with Crippen molar-refractivity contribution >= 4 is 27.5 Å². The Kier molecular flexibility index (Phi) is 4.45. The Morgan fingerprint density at radius 2 is 1.89 bits per heavy atom. The molecule has 1 aromatic carbocycles. The molecule has 0 saturated heterocycles. The van der Waals surface area contributed by atoms with E-state index >= 15 is 0 Å². The van der Waals surface area contributed by atoms with E-state index in [9.17, 15) is 13.6 Å². The number of nitrogens with one attached hydrogen (secondary N) is 1. The van der Waals surface area contributed by atoms with Crippen LogP contribution in [0.4, 0.5) is 14.5 Å². The zero-order valence-corrected chi connectivity index (χ0v) is 11.9. The van der Waals surface area contributed by atoms with Gasteiger partial charge in [-0.3, -0.25) is 4.79 Å². The average molecular weight is 321 g/mol. The zero-order chi connectivity index (χ0) is 14.1. The number of halogens is 3. The van der Waals surface area contributed by atoms with Crippen molar-refractivity contribution in [2.45, 2.75) is 26.8 Å². The van der Waals surface area contributed by atoms with E-state index in [0.717, 1.165) is 6.07 Å². The van der Waals surface area contributed by atoms with Crippen molar-refractivity contribution in [2.24, 2.45) is 11.1 Å². The SMILES string of the molecule is CC(C)(C)[C@H](N)C(=O)Nc1cc(Br)c(F)cc1F. The summed E-state index contributed by atoms with van der Waals surface area (Å²) in [5.41, 5.74) is 5.19. The predicted molar refractivity (Wildman–Crippen MR) is 70.1 cm³/mol. The van der Waals surface area contributed by atoms with Gasteiger partial charge in [0, 0.05) is 6.07 Å². The summed E-state index contributed by atoms with van der Waals surface area (Å²) in [6.07, 6.45) is 0. The van der Waals surface area contributed by atoms with Crippen LogP contribution in [0.1, 0.15) is 20.8 Å². The fourth-order valence-electron chi connectivity index (χ4n) is 1.22. The van der Waals surface area contributed by atoms with Crippen molar-refractivity contribution in [3.8, 4) is 0 Å². The number of carbonyl (C=O) groups excluding carboxylic acids is 1. The quantitative estimate of drug-likeness (QED) is 0.823. The van der Waals surface area contributed by atoms with Gasteiger partial charge in [-0.15, -0.1) is 0 Å². The summed E-state index contributed by atoms with van der Waals surface area (Å²) in [7, 11) is 0. The third-order valence-corrected chi connectivity index (χ3v) is 3.09. The Labute approximate surface area is 113 Å². The highest BCUT2D eigenvalue weighted by Gasteiger charge is 2.28. The van der Waals surface area contributed by atoms with E-state index < -0.39 is 29.0 Å². The van der Waals surface area contributed by atoms with Crippen LogP contribution >= 0.6 is 15.9 Å². The van der Waals surface area contributed by atoms with E-state index in [4.69, 9.17) is 5.73 Å². The van der Waals surface area contributed by atoms with Crippen LogP contribution in [-0.4, -0.2) is 11.9 Å². The van der Waals surface area contributed by atoms with E-state index in [-0.39, 0.29) is 10.2 Å². The molecule has 0 aliphatic carbocycles. The van der Waals surface area contributed by atoms with Gasteiger partial charge in [0.25, 0.3) is 0 Å². The maximum absolute atomic E-state index is 13.4. The van der Waals surface area contributed by atoms with E-state index in [2.05, 4.69) is 21.2 Å². The van der Waals surface area contributed by atoms with Crippen LogP contribution in [0.3, 0.4) is 0 Å². The van der Waals surface area contributed by atoms with E-state index in [1.807, 2.05) is 0 Å². The van der Waals surface area contributed by atoms with Gasteiger partial charge in [0.15, 0.2) is 0 Å². The monoisotopic (exact) mass is 320 g/mol.